The lowest BCUT2D eigenvalue weighted by atomic mass is 9.80. The first-order chi connectivity index (χ1) is 8.63. The number of amidine groups is 1. The maximum Gasteiger partial charge on any atom is 0.330 e. The molecule has 0 aliphatic heterocycles. The highest BCUT2D eigenvalue weighted by atomic mass is 32.2. The molecule has 102 valence electrons. The average molecular weight is 270 g/mol. The first-order valence-electron chi connectivity index (χ1n) is 6.45. The van der Waals surface area contributed by atoms with Crippen LogP contribution in [0.2, 0.25) is 0 Å². The van der Waals surface area contributed by atoms with Crippen LogP contribution in [0.15, 0.2) is 12.2 Å². The predicted octanol–water partition coefficient (Wildman–Crippen LogP) is 2.54. The highest BCUT2D eigenvalue weighted by Crippen LogP contribution is 2.33. The van der Waals surface area contributed by atoms with Crippen LogP contribution in [-0.4, -0.2) is 23.5 Å². The second kappa shape index (κ2) is 8.19. The van der Waals surface area contributed by atoms with E-state index in [1.807, 2.05) is 6.08 Å². The van der Waals surface area contributed by atoms with E-state index in [4.69, 9.17) is 15.9 Å². The highest BCUT2D eigenvalue weighted by Gasteiger charge is 2.23. The molecule has 3 N–H and O–H groups in total. The maximum absolute atomic E-state index is 11.3. The summed E-state index contributed by atoms with van der Waals surface area (Å²) in [5.41, 5.74) is 5.37. The van der Waals surface area contributed by atoms with Crippen molar-refractivity contribution in [3.8, 4) is 0 Å². The predicted molar refractivity (Wildman–Crippen MR) is 75.6 cm³/mol. The molecule has 1 rings (SSSR count). The van der Waals surface area contributed by atoms with Crippen molar-refractivity contribution >= 4 is 22.9 Å². The molecule has 0 unspecified atom stereocenters. The lowest BCUT2D eigenvalue weighted by Gasteiger charge is -2.28. The van der Waals surface area contributed by atoms with Gasteiger partial charge in [-0.3, -0.25) is 5.41 Å². The summed E-state index contributed by atoms with van der Waals surface area (Å²) in [6.45, 7) is 2.22. The highest BCUT2D eigenvalue weighted by molar-refractivity contribution is 8.13. The molecule has 0 aromatic carbocycles. The molecule has 1 aliphatic carbocycles. The summed E-state index contributed by atoms with van der Waals surface area (Å²) < 4.78 is 4.88. The molecule has 0 aromatic rings. The fourth-order valence-electron chi connectivity index (χ4n) is 2.29. The Labute approximate surface area is 113 Å². The van der Waals surface area contributed by atoms with Gasteiger partial charge in [0.1, 0.15) is 0 Å². The summed E-state index contributed by atoms with van der Waals surface area (Å²) in [5, 5.41) is 7.43. The molecule has 1 fully saturated rings. The molecule has 0 radical (unpaired) electrons. The van der Waals surface area contributed by atoms with E-state index in [1.165, 1.54) is 24.6 Å². The minimum Gasteiger partial charge on any atom is -0.463 e. The zero-order valence-corrected chi connectivity index (χ0v) is 11.7. The summed E-state index contributed by atoms with van der Waals surface area (Å²) in [6, 6.07) is 0. The Balaban J connectivity index is 2.48. The number of carbonyl (C=O) groups is 1. The number of rotatable bonds is 5. The number of carbonyl (C=O) groups excluding carboxylic acids is 1. The van der Waals surface area contributed by atoms with E-state index < -0.39 is 0 Å². The second-order valence-corrected chi connectivity index (χ2v) is 5.56. The van der Waals surface area contributed by atoms with Gasteiger partial charge in [0.15, 0.2) is 5.17 Å². The minimum absolute atomic E-state index is 0.175. The van der Waals surface area contributed by atoms with E-state index in [0.717, 1.165) is 18.6 Å². The minimum atomic E-state index is -0.263. The largest absolute Gasteiger partial charge is 0.463 e. The third-order valence-corrected chi connectivity index (χ3v) is 4.09. The molecular formula is C13H22N2O2S. The summed E-state index contributed by atoms with van der Waals surface area (Å²) in [6.07, 6.45) is 8.22. The number of ether oxygens (including phenoxy) is 1. The van der Waals surface area contributed by atoms with Gasteiger partial charge in [-0.2, -0.15) is 0 Å². The molecular weight excluding hydrogens is 248 g/mol. The monoisotopic (exact) mass is 270 g/mol. The molecule has 1 aliphatic rings. The number of hydrogen-bond acceptors (Lipinski definition) is 4. The SMILES string of the molecule is CCOC(=O)/C=C/[C@H]1CCCC[C@@H]1CSC(=N)N. The van der Waals surface area contributed by atoms with Gasteiger partial charge in [0.05, 0.1) is 6.61 Å². The Hall–Kier alpha value is -0.970. The van der Waals surface area contributed by atoms with Crippen LogP contribution in [0.25, 0.3) is 0 Å². The van der Waals surface area contributed by atoms with Crippen LogP contribution in [0.3, 0.4) is 0 Å². The Bertz CT molecular complexity index is 318. The van der Waals surface area contributed by atoms with E-state index in [-0.39, 0.29) is 11.1 Å². The quantitative estimate of drug-likeness (QED) is 0.348. The lowest BCUT2D eigenvalue weighted by Crippen LogP contribution is -2.21. The molecule has 0 saturated heterocycles. The van der Waals surface area contributed by atoms with Crippen LogP contribution in [0.1, 0.15) is 32.6 Å². The molecule has 0 heterocycles. The maximum atomic E-state index is 11.3. The number of esters is 1. The van der Waals surface area contributed by atoms with Crippen molar-refractivity contribution in [3.63, 3.8) is 0 Å². The first kappa shape index (κ1) is 15.1. The summed E-state index contributed by atoms with van der Waals surface area (Å²) in [4.78, 5) is 11.3. The molecule has 2 atom stereocenters. The van der Waals surface area contributed by atoms with Gasteiger partial charge in [-0.1, -0.05) is 30.7 Å². The lowest BCUT2D eigenvalue weighted by molar-refractivity contribution is -0.137. The van der Waals surface area contributed by atoms with Gasteiger partial charge in [0.2, 0.25) is 0 Å². The van der Waals surface area contributed by atoms with Gasteiger partial charge in [-0.25, -0.2) is 4.79 Å². The van der Waals surface area contributed by atoms with Gasteiger partial charge in [0.25, 0.3) is 0 Å². The summed E-state index contributed by atoms with van der Waals surface area (Å²) in [7, 11) is 0. The van der Waals surface area contributed by atoms with Gasteiger partial charge < -0.3 is 10.5 Å². The third-order valence-electron chi connectivity index (χ3n) is 3.19. The molecule has 1 saturated carbocycles. The zero-order valence-electron chi connectivity index (χ0n) is 10.9. The van der Waals surface area contributed by atoms with Crippen molar-refractivity contribution in [1.82, 2.24) is 0 Å². The van der Waals surface area contributed by atoms with Crippen LogP contribution in [0, 0.1) is 17.2 Å². The Kier molecular flexibility index (Phi) is 6.86. The van der Waals surface area contributed by atoms with Crippen LogP contribution in [0.5, 0.6) is 0 Å². The van der Waals surface area contributed by atoms with Crippen molar-refractivity contribution in [1.29, 1.82) is 5.41 Å². The first-order valence-corrected chi connectivity index (χ1v) is 7.43. The Morgan fingerprint density at radius 2 is 2.22 bits per heavy atom. The van der Waals surface area contributed by atoms with Crippen molar-refractivity contribution in [3.05, 3.63) is 12.2 Å². The molecule has 18 heavy (non-hydrogen) atoms. The topological polar surface area (TPSA) is 76.2 Å². The van der Waals surface area contributed by atoms with Crippen LogP contribution < -0.4 is 5.73 Å². The fraction of sp³-hybridized carbons (Fsp3) is 0.692. The molecule has 5 heteroatoms. The van der Waals surface area contributed by atoms with Crippen molar-refractivity contribution in [2.75, 3.05) is 12.4 Å². The van der Waals surface area contributed by atoms with E-state index in [9.17, 15) is 4.79 Å². The smallest absolute Gasteiger partial charge is 0.330 e. The van der Waals surface area contributed by atoms with E-state index in [0.29, 0.717) is 18.4 Å². The molecule has 4 nitrogen and oxygen atoms in total. The van der Waals surface area contributed by atoms with Crippen LogP contribution in [0.4, 0.5) is 0 Å². The van der Waals surface area contributed by atoms with Gasteiger partial charge in [0, 0.05) is 11.8 Å². The average Bonchev–Trinajstić information content (AvgIpc) is 2.35. The number of nitrogens with two attached hydrogens (primary N) is 1. The second-order valence-electron chi connectivity index (χ2n) is 4.49. The molecule has 0 bridgehead atoms. The van der Waals surface area contributed by atoms with E-state index in [1.54, 1.807) is 13.0 Å². The number of thioether (sulfide) groups is 1. The van der Waals surface area contributed by atoms with Gasteiger partial charge >= 0.3 is 5.97 Å². The number of allylic oxidation sites excluding steroid dienone is 1. The van der Waals surface area contributed by atoms with Crippen molar-refractivity contribution in [2.45, 2.75) is 32.6 Å². The number of nitrogens with one attached hydrogen (secondary N) is 1. The Morgan fingerprint density at radius 1 is 1.50 bits per heavy atom. The summed E-state index contributed by atoms with van der Waals surface area (Å²) >= 11 is 1.40. The number of hydrogen-bond donors (Lipinski definition) is 2. The van der Waals surface area contributed by atoms with E-state index >= 15 is 0 Å². The van der Waals surface area contributed by atoms with Gasteiger partial charge in [-0.15, -0.1) is 0 Å². The van der Waals surface area contributed by atoms with Crippen molar-refractivity contribution < 1.29 is 9.53 Å². The van der Waals surface area contributed by atoms with Crippen LogP contribution in [-0.2, 0) is 9.53 Å². The normalized spacial score (nSPS) is 24.1. The van der Waals surface area contributed by atoms with Gasteiger partial charge in [-0.05, 0) is 31.6 Å². The van der Waals surface area contributed by atoms with Crippen molar-refractivity contribution in [2.24, 2.45) is 17.6 Å². The van der Waals surface area contributed by atoms with E-state index in [2.05, 4.69) is 0 Å². The Morgan fingerprint density at radius 3 is 2.89 bits per heavy atom. The molecule has 0 spiro atoms. The third kappa shape index (κ3) is 5.58. The molecule has 0 amide bonds. The fourth-order valence-corrected chi connectivity index (χ4v) is 3.09. The zero-order chi connectivity index (χ0) is 13.4. The standard InChI is InChI=1S/C13H22N2O2S/c1-2-17-12(16)8-7-10-5-3-4-6-11(10)9-18-13(14)15/h7-8,10-11H,2-6,9H2,1H3,(H3,14,15)/b8-7+/t10-,11-/m1/s1. The van der Waals surface area contributed by atoms with Crippen LogP contribution >= 0.6 is 11.8 Å². The molecule has 0 aromatic heterocycles. The summed E-state index contributed by atoms with van der Waals surface area (Å²) in [5.74, 6) is 1.53.